The molecule has 2 N–H and O–H groups in total. The first kappa shape index (κ1) is 16.0. The monoisotopic (exact) mass is 334 g/mol. The van der Waals surface area contributed by atoms with Crippen LogP contribution in [-0.2, 0) is 15.8 Å². The number of alkyl halides is 3. The van der Waals surface area contributed by atoms with Gasteiger partial charge in [0, 0.05) is 17.8 Å². The third-order valence-electron chi connectivity index (χ3n) is 3.77. The summed E-state index contributed by atoms with van der Waals surface area (Å²) in [5.74, 6) is -1.57. The Bertz CT molecular complexity index is 802. The van der Waals surface area contributed by atoms with Gasteiger partial charge in [0.05, 0.1) is 11.5 Å². The fraction of sp³-hybridized carbons (Fsp3) is 0.176. The van der Waals surface area contributed by atoms with Gasteiger partial charge >= 0.3 is 6.18 Å². The molecule has 0 spiro atoms. The molecule has 2 aromatic rings. The molecule has 2 aromatic carbocycles. The molecule has 2 amide bonds. The van der Waals surface area contributed by atoms with Crippen LogP contribution < -0.4 is 10.6 Å². The van der Waals surface area contributed by atoms with Gasteiger partial charge in [-0.1, -0.05) is 24.3 Å². The summed E-state index contributed by atoms with van der Waals surface area (Å²) < 4.78 is 38.2. The summed E-state index contributed by atoms with van der Waals surface area (Å²) >= 11 is 0. The van der Waals surface area contributed by atoms with Crippen LogP contribution in [-0.4, -0.2) is 11.8 Å². The minimum atomic E-state index is -4.49. The SMILES string of the molecule is O=C1CC(C(=O)Nc2cccc(C(F)(F)F)c2)c2ccccc2N1. The Morgan fingerprint density at radius 2 is 1.88 bits per heavy atom. The lowest BCUT2D eigenvalue weighted by Crippen LogP contribution is -2.30. The number of carbonyl (C=O) groups excluding carboxylic acids is 2. The second-order valence-corrected chi connectivity index (χ2v) is 5.46. The lowest BCUT2D eigenvalue weighted by molar-refractivity contribution is -0.137. The van der Waals surface area contributed by atoms with Crippen molar-refractivity contribution in [1.82, 2.24) is 0 Å². The van der Waals surface area contributed by atoms with Crippen LogP contribution in [0.2, 0.25) is 0 Å². The molecular weight excluding hydrogens is 321 g/mol. The molecule has 1 unspecified atom stereocenters. The van der Waals surface area contributed by atoms with E-state index in [-0.39, 0.29) is 18.0 Å². The molecule has 1 atom stereocenters. The number of rotatable bonds is 2. The van der Waals surface area contributed by atoms with Crippen molar-refractivity contribution in [3.63, 3.8) is 0 Å². The van der Waals surface area contributed by atoms with Crippen LogP contribution in [0.3, 0.4) is 0 Å². The predicted octanol–water partition coefficient (Wildman–Crippen LogP) is 3.77. The van der Waals surface area contributed by atoms with Crippen molar-refractivity contribution in [2.45, 2.75) is 18.5 Å². The highest BCUT2D eigenvalue weighted by molar-refractivity contribution is 6.05. The molecule has 124 valence electrons. The van der Waals surface area contributed by atoms with E-state index >= 15 is 0 Å². The molecule has 0 saturated heterocycles. The summed E-state index contributed by atoms with van der Waals surface area (Å²) in [6, 6.07) is 11.3. The molecular formula is C17H13F3N2O2. The number of amides is 2. The van der Waals surface area contributed by atoms with Crippen LogP contribution in [0.25, 0.3) is 0 Å². The van der Waals surface area contributed by atoms with E-state index in [2.05, 4.69) is 10.6 Å². The highest BCUT2D eigenvalue weighted by atomic mass is 19.4. The van der Waals surface area contributed by atoms with Gasteiger partial charge in [-0.05, 0) is 29.8 Å². The molecule has 1 heterocycles. The van der Waals surface area contributed by atoms with E-state index in [1.54, 1.807) is 24.3 Å². The fourth-order valence-corrected chi connectivity index (χ4v) is 2.65. The molecule has 1 aliphatic rings. The van der Waals surface area contributed by atoms with Crippen molar-refractivity contribution >= 4 is 23.2 Å². The Hall–Kier alpha value is -2.83. The van der Waals surface area contributed by atoms with Gasteiger partial charge in [0.1, 0.15) is 0 Å². The Labute approximate surface area is 135 Å². The average Bonchev–Trinajstić information content (AvgIpc) is 2.53. The Kier molecular flexibility index (Phi) is 4.01. The fourth-order valence-electron chi connectivity index (χ4n) is 2.65. The smallest absolute Gasteiger partial charge is 0.326 e. The molecule has 3 rings (SSSR count). The summed E-state index contributed by atoms with van der Waals surface area (Å²) in [7, 11) is 0. The number of carbonyl (C=O) groups is 2. The molecule has 7 heteroatoms. The normalized spacial score (nSPS) is 17.0. The van der Waals surface area contributed by atoms with Crippen molar-refractivity contribution in [2.75, 3.05) is 10.6 Å². The first-order valence-corrected chi connectivity index (χ1v) is 7.21. The van der Waals surface area contributed by atoms with Crippen molar-refractivity contribution in [2.24, 2.45) is 0 Å². The van der Waals surface area contributed by atoms with Crippen LogP contribution >= 0.6 is 0 Å². The largest absolute Gasteiger partial charge is 0.416 e. The van der Waals surface area contributed by atoms with Gasteiger partial charge in [0.15, 0.2) is 0 Å². The highest BCUT2D eigenvalue weighted by Gasteiger charge is 2.32. The molecule has 0 radical (unpaired) electrons. The van der Waals surface area contributed by atoms with Crippen LogP contribution in [0.4, 0.5) is 24.5 Å². The van der Waals surface area contributed by atoms with E-state index in [1.807, 2.05) is 0 Å². The highest BCUT2D eigenvalue weighted by Crippen LogP contribution is 2.34. The van der Waals surface area contributed by atoms with E-state index in [0.29, 0.717) is 11.3 Å². The minimum absolute atomic E-state index is 0.0401. The summed E-state index contributed by atoms with van der Waals surface area (Å²) in [5.41, 5.74) is 0.375. The zero-order chi connectivity index (χ0) is 17.3. The number of hydrogen-bond donors (Lipinski definition) is 2. The molecule has 4 nitrogen and oxygen atoms in total. The molecule has 1 aliphatic heterocycles. The van der Waals surface area contributed by atoms with Gasteiger partial charge in [0.2, 0.25) is 11.8 Å². The van der Waals surface area contributed by atoms with E-state index in [4.69, 9.17) is 0 Å². The van der Waals surface area contributed by atoms with Crippen molar-refractivity contribution < 1.29 is 22.8 Å². The maximum Gasteiger partial charge on any atom is 0.416 e. The molecule has 0 bridgehead atoms. The van der Waals surface area contributed by atoms with E-state index in [1.165, 1.54) is 12.1 Å². The van der Waals surface area contributed by atoms with Gasteiger partial charge in [-0.25, -0.2) is 0 Å². The molecule has 0 aromatic heterocycles. The Morgan fingerprint density at radius 1 is 1.12 bits per heavy atom. The number of anilines is 2. The summed E-state index contributed by atoms with van der Waals surface area (Å²) in [4.78, 5) is 24.2. The summed E-state index contributed by atoms with van der Waals surface area (Å²) in [5, 5.41) is 5.14. The van der Waals surface area contributed by atoms with Gasteiger partial charge < -0.3 is 10.6 Å². The van der Waals surface area contributed by atoms with Crippen LogP contribution in [0.1, 0.15) is 23.5 Å². The van der Waals surface area contributed by atoms with E-state index in [9.17, 15) is 22.8 Å². The maximum atomic E-state index is 12.7. The Morgan fingerprint density at radius 3 is 2.62 bits per heavy atom. The number of benzene rings is 2. The first-order chi connectivity index (χ1) is 11.3. The third-order valence-corrected chi connectivity index (χ3v) is 3.77. The maximum absolute atomic E-state index is 12.7. The quantitative estimate of drug-likeness (QED) is 0.878. The number of hydrogen-bond acceptors (Lipinski definition) is 2. The molecule has 0 saturated carbocycles. The predicted molar refractivity (Wildman–Crippen MR) is 82.5 cm³/mol. The van der Waals surface area contributed by atoms with Gasteiger partial charge in [-0.2, -0.15) is 13.2 Å². The van der Waals surface area contributed by atoms with Crippen molar-refractivity contribution in [3.05, 3.63) is 59.7 Å². The second-order valence-electron chi connectivity index (χ2n) is 5.46. The Balaban J connectivity index is 1.85. The number of nitrogens with one attached hydrogen (secondary N) is 2. The van der Waals surface area contributed by atoms with Gasteiger partial charge in [-0.15, -0.1) is 0 Å². The van der Waals surface area contributed by atoms with Crippen LogP contribution in [0.15, 0.2) is 48.5 Å². The minimum Gasteiger partial charge on any atom is -0.326 e. The zero-order valence-electron chi connectivity index (χ0n) is 12.4. The van der Waals surface area contributed by atoms with Crippen LogP contribution in [0.5, 0.6) is 0 Å². The van der Waals surface area contributed by atoms with Crippen LogP contribution in [0, 0.1) is 0 Å². The van der Waals surface area contributed by atoms with Gasteiger partial charge in [0.25, 0.3) is 0 Å². The van der Waals surface area contributed by atoms with E-state index < -0.39 is 23.6 Å². The second kappa shape index (κ2) is 5.99. The lowest BCUT2D eigenvalue weighted by atomic mass is 9.90. The van der Waals surface area contributed by atoms with Crippen molar-refractivity contribution in [1.29, 1.82) is 0 Å². The zero-order valence-corrected chi connectivity index (χ0v) is 12.4. The molecule has 0 fully saturated rings. The van der Waals surface area contributed by atoms with E-state index in [0.717, 1.165) is 12.1 Å². The number of fused-ring (bicyclic) bond motifs is 1. The van der Waals surface area contributed by atoms with Crippen molar-refractivity contribution in [3.8, 4) is 0 Å². The average molecular weight is 334 g/mol. The topological polar surface area (TPSA) is 58.2 Å². The third kappa shape index (κ3) is 3.24. The van der Waals surface area contributed by atoms with Gasteiger partial charge in [-0.3, -0.25) is 9.59 Å². The number of para-hydroxylation sites is 1. The standard InChI is InChI=1S/C17H13F3N2O2/c18-17(19,20)10-4-3-5-11(8-10)21-16(24)13-9-15(23)22-14-7-2-1-6-12(13)14/h1-8,13H,9H2,(H,21,24)(H,22,23). The summed E-state index contributed by atoms with van der Waals surface area (Å²) in [6.45, 7) is 0. The lowest BCUT2D eigenvalue weighted by Gasteiger charge is -2.24. The molecule has 24 heavy (non-hydrogen) atoms. The molecule has 0 aliphatic carbocycles. The number of halogens is 3. The summed E-state index contributed by atoms with van der Waals surface area (Å²) in [6.07, 6.45) is -4.54. The first-order valence-electron chi connectivity index (χ1n) is 7.21.